The van der Waals surface area contributed by atoms with Gasteiger partial charge in [-0.15, -0.1) is 5.10 Å². The number of hydrogen-bond donors (Lipinski definition) is 1. The van der Waals surface area contributed by atoms with Gasteiger partial charge in [0.15, 0.2) is 0 Å². The van der Waals surface area contributed by atoms with Gasteiger partial charge in [-0.25, -0.2) is 0 Å². The fourth-order valence-corrected chi connectivity index (χ4v) is 2.51. The Kier molecular flexibility index (Phi) is 4.50. The van der Waals surface area contributed by atoms with Crippen molar-refractivity contribution in [3.8, 4) is 0 Å². The summed E-state index contributed by atoms with van der Waals surface area (Å²) in [5.74, 6) is 0. The Morgan fingerprint density at radius 3 is 2.82 bits per heavy atom. The molecule has 0 aliphatic heterocycles. The number of hydrogen-bond acceptors (Lipinski definition) is 4. The van der Waals surface area contributed by atoms with Crippen LogP contribution in [-0.4, -0.2) is 39.5 Å². The summed E-state index contributed by atoms with van der Waals surface area (Å²) in [7, 11) is 2.22. The lowest BCUT2D eigenvalue weighted by molar-refractivity contribution is 0.183. The number of aromatic nitrogens is 3. The van der Waals surface area contributed by atoms with Crippen LogP contribution in [0.5, 0.6) is 0 Å². The molecule has 1 aromatic rings. The normalized spacial score (nSPS) is 17.8. The number of nitrogens with two attached hydrogens (primary N) is 1. The summed E-state index contributed by atoms with van der Waals surface area (Å²) in [6.45, 7) is 2.41. The second-order valence-electron chi connectivity index (χ2n) is 4.95. The molecule has 0 atom stereocenters. The Bertz CT molecular complexity index is 329. The van der Waals surface area contributed by atoms with Gasteiger partial charge in [-0.05, 0) is 19.9 Å². The molecular weight excluding hydrogens is 214 g/mol. The third kappa shape index (κ3) is 3.51. The first-order valence-electron chi connectivity index (χ1n) is 6.59. The van der Waals surface area contributed by atoms with Crippen molar-refractivity contribution in [2.75, 3.05) is 13.6 Å². The van der Waals surface area contributed by atoms with E-state index < -0.39 is 0 Å². The molecule has 0 spiro atoms. The van der Waals surface area contributed by atoms with E-state index in [0.717, 1.165) is 24.8 Å². The summed E-state index contributed by atoms with van der Waals surface area (Å²) in [5.41, 5.74) is 6.38. The van der Waals surface area contributed by atoms with Crippen molar-refractivity contribution in [1.82, 2.24) is 19.9 Å². The lowest BCUT2D eigenvalue weighted by atomic mass is 9.94. The maximum Gasteiger partial charge on any atom is 0.0962 e. The molecule has 0 bridgehead atoms. The molecule has 0 radical (unpaired) electrons. The van der Waals surface area contributed by atoms with Gasteiger partial charge in [-0.3, -0.25) is 4.68 Å². The average Bonchev–Trinajstić information content (AvgIpc) is 2.85. The lowest BCUT2D eigenvalue weighted by Crippen LogP contribution is -2.35. The van der Waals surface area contributed by atoms with Gasteiger partial charge in [-0.2, -0.15) is 0 Å². The third-order valence-electron chi connectivity index (χ3n) is 3.68. The van der Waals surface area contributed by atoms with Crippen molar-refractivity contribution in [2.24, 2.45) is 5.73 Å². The van der Waals surface area contributed by atoms with Crippen LogP contribution >= 0.6 is 0 Å². The Labute approximate surface area is 103 Å². The van der Waals surface area contributed by atoms with Gasteiger partial charge in [0.2, 0.25) is 0 Å². The molecule has 5 heteroatoms. The Balaban J connectivity index is 1.76. The van der Waals surface area contributed by atoms with Crippen LogP contribution in [-0.2, 0) is 13.1 Å². The fraction of sp³-hybridized carbons (Fsp3) is 0.833. The Morgan fingerprint density at radius 2 is 2.18 bits per heavy atom. The minimum absolute atomic E-state index is 0.471. The van der Waals surface area contributed by atoms with Crippen LogP contribution in [0.3, 0.4) is 0 Å². The van der Waals surface area contributed by atoms with E-state index in [0.29, 0.717) is 6.54 Å². The monoisotopic (exact) mass is 237 g/mol. The molecule has 1 saturated carbocycles. The van der Waals surface area contributed by atoms with Crippen molar-refractivity contribution in [3.63, 3.8) is 0 Å². The van der Waals surface area contributed by atoms with Crippen LogP contribution in [0.15, 0.2) is 6.20 Å². The van der Waals surface area contributed by atoms with E-state index in [2.05, 4.69) is 22.3 Å². The zero-order valence-corrected chi connectivity index (χ0v) is 10.7. The van der Waals surface area contributed by atoms with Crippen molar-refractivity contribution in [1.29, 1.82) is 0 Å². The highest BCUT2D eigenvalue weighted by atomic mass is 15.4. The van der Waals surface area contributed by atoms with Gasteiger partial charge in [0, 0.05) is 25.3 Å². The minimum atomic E-state index is 0.471. The van der Waals surface area contributed by atoms with Crippen LogP contribution in [0.2, 0.25) is 0 Å². The van der Waals surface area contributed by atoms with E-state index in [4.69, 9.17) is 5.73 Å². The maximum absolute atomic E-state index is 5.51. The first kappa shape index (κ1) is 12.5. The molecule has 96 valence electrons. The van der Waals surface area contributed by atoms with E-state index in [1.807, 2.05) is 10.9 Å². The highest BCUT2D eigenvalue weighted by molar-refractivity contribution is 4.90. The summed E-state index contributed by atoms with van der Waals surface area (Å²) < 4.78 is 1.89. The van der Waals surface area contributed by atoms with Crippen LogP contribution in [0.25, 0.3) is 0 Å². The largest absolute Gasteiger partial charge is 0.325 e. The smallest absolute Gasteiger partial charge is 0.0962 e. The summed E-state index contributed by atoms with van der Waals surface area (Å²) in [6, 6.07) is 0.765. The standard InChI is InChI=1S/C12H23N5/c1-16(12-5-3-2-4-6-12)7-8-17-10-11(9-13)14-15-17/h10,12H,2-9,13H2,1H3. The molecule has 1 aromatic heterocycles. The fourth-order valence-electron chi connectivity index (χ4n) is 2.51. The lowest BCUT2D eigenvalue weighted by Gasteiger charge is -2.30. The summed E-state index contributed by atoms with van der Waals surface area (Å²) in [4.78, 5) is 2.46. The second-order valence-corrected chi connectivity index (χ2v) is 4.95. The summed E-state index contributed by atoms with van der Waals surface area (Å²) in [6.07, 6.45) is 8.82. The van der Waals surface area contributed by atoms with Gasteiger partial charge in [0.25, 0.3) is 0 Å². The molecule has 5 nitrogen and oxygen atoms in total. The van der Waals surface area contributed by atoms with Crippen LogP contribution < -0.4 is 5.73 Å². The van der Waals surface area contributed by atoms with E-state index in [-0.39, 0.29) is 0 Å². The quantitative estimate of drug-likeness (QED) is 0.830. The highest BCUT2D eigenvalue weighted by Gasteiger charge is 2.17. The van der Waals surface area contributed by atoms with Gasteiger partial charge < -0.3 is 10.6 Å². The molecule has 1 fully saturated rings. The Morgan fingerprint density at radius 1 is 1.41 bits per heavy atom. The van der Waals surface area contributed by atoms with Crippen LogP contribution in [0, 0.1) is 0 Å². The third-order valence-corrected chi connectivity index (χ3v) is 3.68. The zero-order chi connectivity index (χ0) is 12.1. The molecule has 1 heterocycles. The number of rotatable bonds is 5. The second kappa shape index (κ2) is 6.12. The van der Waals surface area contributed by atoms with Crippen LogP contribution in [0.1, 0.15) is 37.8 Å². The highest BCUT2D eigenvalue weighted by Crippen LogP contribution is 2.21. The average molecular weight is 237 g/mol. The molecule has 0 aromatic carbocycles. The van der Waals surface area contributed by atoms with E-state index in [9.17, 15) is 0 Å². The minimum Gasteiger partial charge on any atom is -0.325 e. The predicted octanol–water partition coefficient (Wildman–Crippen LogP) is 1.00. The van der Waals surface area contributed by atoms with Crippen LogP contribution in [0.4, 0.5) is 0 Å². The maximum atomic E-state index is 5.51. The van der Waals surface area contributed by atoms with Crippen molar-refractivity contribution < 1.29 is 0 Å². The molecule has 1 aliphatic carbocycles. The van der Waals surface area contributed by atoms with Gasteiger partial charge >= 0.3 is 0 Å². The Hall–Kier alpha value is -0.940. The summed E-state index contributed by atoms with van der Waals surface area (Å²) in [5, 5.41) is 8.06. The topological polar surface area (TPSA) is 60.0 Å². The molecule has 1 aliphatic rings. The zero-order valence-electron chi connectivity index (χ0n) is 10.7. The van der Waals surface area contributed by atoms with Crippen molar-refractivity contribution in [2.45, 2.75) is 51.2 Å². The summed E-state index contributed by atoms with van der Waals surface area (Å²) >= 11 is 0. The number of likely N-dealkylation sites (N-methyl/N-ethyl adjacent to an activating group) is 1. The van der Waals surface area contributed by atoms with E-state index >= 15 is 0 Å². The molecule has 0 saturated heterocycles. The number of nitrogens with zero attached hydrogens (tertiary/aromatic N) is 4. The van der Waals surface area contributed by atoms with Crippen molar-refractivity contribution >= 4 is 0 Å². The van der Waals surface area contributed by atoms with Gasteiger partial charge in [0.05, 0.1) is 12.2 Å². The molecule has 2 rings (SSSR count). The van der Waals surface area contributed by atoms with Crippen molar-refractivity contribution in [3.05, 3.63) is 11.9 Å². The molecule has 17 heavy (non-hydrogen) atoms. The van der Waals surface area contributed by atoms with Gasteiger partial charge in [-0.1, -0.05) is 24.5 Å². The molecular formula is C12H23N5. The molecule has 0 amide bonds. The van der Waals surface area contributed by atoms with Gasteiger partial charge in [0.1, 0.15) is 0 Å². The first-order chi connectivity index (χ1) is 8.29. The first-order valence-corrected chi connectivity index (χ1v) is 6.59. The molecule has 2 N–H and O–H groups in total. The molecule has 0 unspecified atom stereocenters. The van der Waals surface area contributed by atoms with E-state index in [1.165, 1.54) is 32.1 Å². The van der Waals surface area contributed by atoms with E-state index in [1.54, 1.807) is 0 Å². The predicted molar refractivity (Wildman–Crippen MR) is 67.4 cm³/mol. The SMILES string of the molecule is CN(CCn1cc(CN)nn1)C1CCCCC1.